The zero-order chi connectivity index (χ0) is 14.0. The fourth-order valence-corrected chi connectivity index (χ4v) is 2.30. The average molecular weight is 261 g/mol. The minimum Gasteiger partial charge on any atom is -0.384 e. The Morgan fingerprint density at radius 1 is 1.37 bits per heavy atom. The Morgan fingerprint density at radius 3 is 2.58 bits per heavy atom. The zero-order valence-corrected chi connectivity index (χ0v) is 12.0. The predicted molar refractivity (Wildman–Crippen MR) is 77.8 cm³/mol. The summed E-state index contributed by atoms with van der Waals surface area (Å²) in [5.41, 5.74) is 8.34. The van der Waals surface area contributed by atoms with E-state index in [1.165, 1.54) is 12.8 Å². The van der Waals surface area contributed by atoms with Crippen molar-refractivity contribution in [3.05, 3.63) is 16.8 Å². The molecule has 0 aliphatic heterocycles. The van der Waals surface area contributed by atoms with Gasteiger partial charge in [-0.15, -0.1) is 5.10 Å². The predicted octanol–water partition coefficient (Wildman–Crippen LogP) is 2.15. The minimum absolute atomic E-state index is 0.0904. The summed E-state index contributed by atoms with van der Waals surface area (Å²) in [5.74, 6) is 0.888. The number of nitrogens with zero attached hydrogens (tertiary/aromatic N) is 3. The number of amidine groups is 1. The van der Waals surface area contributed by atoms with Gasteiger partial charge in [0.1, 0.15) is 5.84 Å². The van der Waals surface area contributed by atoms with E-state index < -0.39 is 0 Å². The molecule has 1 saturated carbocycles. The van der Waals surface area contributed by atoms with E-state index in [0.717, 1.165) is 42.0 Å². The molecule has 0 unspecified atom stereocenters. The van der Waals surface area contributed by atoms with Crippen molar-refractivity contribution >= 4 is 11.7 Å². The second-order valence-corrected chi connectivity index (χ2v) is 5.30. The molecule has 1 fully saturated rings. The lowest BCUT2D eigenvalue weighted by Crippen LogP contribution is -2.31. The smallest absolute Gasteiger partial charge is 0.162 e. The number of nitrogens with one attached hydrogen (secondary N) is 1. The third kappa shape index (κ3) is 2.85. The quantitative estimate of drug-likeness (QED) is 0.607. The van der Waals surface area contributed by atoms with Gasteiger partial charge < -0.3 is 10.6 Å². The fraction of sp³-hybridized carbons (Fsp3) is 0.643. The van der Waals surface area contributed by atoms with Crippen LogP contribution in [0.25, 0.3) is 0 Å². The van der Waals surface area contributed by atoms with E-state index in [9.17, 15) is 0 Å². The maximum Gasteiger partial charge on any atom is 0.162 e. The molecule has 104 valence electrons. The summed E-state index contributed by atoms with van der Waals surface area (Å²) in [6, 6.07) is 0.557. The summed E-state index contributed by atoms with van der Waals surface area (Å²) in [4.78, 5) is 2.29. The summed E-state index contributed by atoms with van der Waals surface area (Å²) in [7, 11) is 0. The van der Waals surface area contributed by atoms with Crippen LogP contribution in [-0.2, 0) is 0 Å². The highest BCUT2D eigenvalue weighted by Crippen LogP contribution is 2.33. The maximum atomic E-state index is 7.83. The third-order valence-corrected chi connectivity index (χ3v) is 3.72. The largest absolute Gasteiger partial charge is 0.384 e. The first-order chi connectivity index (χ1) is 9.06. The van der Waals surface area contributed by atoms with E-state index >= 15 is 0 Å². The van der Waals surface area contributed by atoms with Crippen LogP contribution in [0.2, 0.25) is 0 Å². The van der Waals surface area contributed by atoms with Crippen molar-refractivity contribution in [3.8, 4) is 0 Å². The number of hydrogen-bond donors (Lipinski definition) is 2. The number of anilines is 1. The van der Waals surface area contributed by atoms with E-state index in [1.807, 2.05) is 13.8 Å². The van der Waals surface area contributed by atoms with Crippen LogP contribution in [0.5, 0.6) is 0 Å². The van der Waals surface area contributed by atoms with E-state index in [0.29, 0.717) is 6.04 Å². The highest BCUT2D eigenvalue weighted by atomic mass is 15.3. The Kier molecular flexibility index (Phi) is 4.02. The summed E-state index contributed by atoms with van der Waals surface area (Å²) in [5, 5.41) is 16.4. The number of unbranched alkanes of at least 4 members (excludes halogenated alkanes) is 1. The third-order valence-electron chi connectivity index (χ3n) is 3.72. The molecule has 0 aromatic carbocycles. The molecule has 0 radical (unpaired) electrons. The molecule has 0 spiro atoms. The number of nitrogen functional groups attached to an aromatic ring is 1. The molecule has 5 nitrogen and oxygen atoms in total. The molecule has 0 bridgehead atoms. The first kappa shape index (κ1) is 13.8. The van der Waals surface area contributed by atoms with Gasteiger partial charge in [0.2, 0.25) is 0 Å². The van der Waals surface area contributed by atoms with Gasteiger partial charge in [-0.3, -0.25) is 5.41 Å². The lowest BCUT2D eigenvalue weighted by Gasteiger charge is -2.26. The topological polar surface area (TPSA) is 78.9 Å². The standard InChI is InChI=1S/C14H23N5/c1-4-5-8-19(11-6-7-11)14-12(13(15)16)9(2)10(3)17-18-14/h11H,4-8H2,1-3H3,(H3,15,16). The Morgan fingerprint density at radius 2 is 2.05 bits per heavy atom. The molecule has 1 aromatic rings. The van der Waals surface area contributed by atoms with Gasteiger partial charge in [-0.2, -0.15) is 5.10 Å². The van der Waals surface area contributed by atoms with Crippen LogP contribution in [0.15, 0.2) is 0 Å². The number of aryl methyl sites for hydroxylation is 1. The van der Waals surface area contributed by atoms with Crippen molar-refractivity contribution in [2.45, 2.75) is 52.5 Å². The SMILES string of the molecule is CCCCN(c1nnc(C)c(C)c1C(=N)N)C1CC1. The molecule has 1 aliphatic rings. The van der Waals surface area contributed by atoms with Gasteiger partial charge in [0, 0.05) is 12.6 Å². The number of hydrogen-bond acceptors (Lipinski definition) is 4. The Hall–Kier alpha value is -1.65. The monoisotopic (exact) mass is 261 g/mol. The molecule has 0 atom stereocenters. The van der Waals surface area contributed by atoms with Crippen molar-refractivity contribution < 1.29 is 0 Å². The molecular formula is C14H23N5. The molecule has 0 saturated heterocycles. The van der Waals surface area contributed by atoms with Gasteiger partial charge in [0.15, 0.2) is 5.82 Å². The molecule has 19 heavy (non-hydrogen) atoms. The maximum absolute atomic E-state index is 7.83. The Bertz CT molecular complexity index is 479. The zero-order valence-electron chi connectivity index (χ0n) is 12.0. The van der Waals surface area contributed by atoms with E-state index in [-0.39, 0.29) is 5.84 Å². The van der Waals surface area contributed by atoms with Gasteiger partial charge in [-0.25, -0.2) is 0 Å². The summed E-state index contributed by atoms with van der Waals surface area (Å²) < 4.78 is 0. The van der Waals surface area contributed by atoms with Gasteiger partial charge in [-0.05, 0) is 38.7 Å². The molecule has 1 aromatic heterocycles. The fourth-order valence-electron chi connectivity index (χ4n) is 2.30. The summed E-state index contributed by atoms with van der Waals surface area (Å²) in [6.45, 7) is 7.03. The van der Waals surface area contributed by atoms with E-state index in [1.54, 1.807) is 0 Å². The van der Waals surface area contributed by atoms with Gasteiger partial charge >= 0.3 is 0 Å². The highest BCUT2D eigenvalue weighted by Gasteiger charge is 2.32. The van der Waals surface area contributed by atoms with Crippen molar-refractivity contribution in [2.24, 2.45) is 5.73 Å². The molecule has 1 aliphatic carbocycles. The Labute approximate surface area is 114 Å². The van der Waals surface area contributed by atoms with Crippen LogP contribution in [0.1, 0.15) is 49.4 Å². The normalized spacial score (nSPS) is 14.5. The number of rotatable bonds is 6. The van der Waals surface area contributed by atoms with Crippen molar-refractivity contribution in [1.82, 2.24) is 10.2 Å². The lowest BCUT2D eigenvalue weighted by molar-refractivity contribution is 0.695. The van der Waals surface area contributed by atoms with Gasteiger partial charge in [0.25, 0.3) is 0 Å². The number of aromatic nitrogens is 2. The molecule has 2 rings (SSSR count). The minimum atomic E-state index is 0.0904. The van der Waals surface area contributed by atoms with E-state index in [2.05, 4.69) is 22.0 Å². The van der Waals surface area contributed by atoms with Crippen molar-refractivity contribution in [1.29, 1.82) is 5.41 Å². The molecule has 3 N–H and O–H groups in total. The summed E-state index contributed by atoms with van der Waals surface area (Å²) in [6.07, 6.45) is 4.69. The van der Waals surface area contributed by atoms with Crippen LogP contribution < -0.4 is 10.6 Å². The lowest BCUT2D eigenvalue weighted by atomic mass is 10.1. The van der Waals surface area contributed by atoms with Gasteiger partial charge in [0.05, 0.1) is 11.3 Å². The van der Waals surface area contributed by atoms with Crippen molar-refractivity contribution in [2.75, 3.05) is 11.4 Å². The van der Waals surface area contributed by atoms with Crippen LogP contribution >= 0.6 is 0 Å². The van der Waals surface area contributed by atoms with Crippen LogP contribution in [0.3, 0.4) is 0 Å². The highest BCUT2D eigenvalue weighted by molar-refractivity contribution is 6.01. The Balaban J connectivity index is 2.41. The second kappa shape index (κ2) is 5.55. The van der Waals surface area contributed by atoms with E-state index in [4.69, 9.17) is 11.1 Å². The van der Waals surface area contributed by atoms with Crippen LogP contribution in [0.4, 0.5) is 5.82 Å². The molecule has 0 amide bonds. The molecular weight excluding hydrogens is 238 g/mol. The first-order valence-corrected chi connectivity index (χ1v) is 7.01. The molecule has 1 heterocycles. The van der Waals surface area contributed by atoms with Crippen LogP contribution in [0, 0.1) is 19.3 Å². The molecule has 5 heteroatoms. The number of nitrogens with two attached hydrogens (primary N) is 1. The summed E-state index contributed by atoms with van der Waals surface area (Å²) >= 11 is 0. The van der Waals surface area contributed by atoms with Crippen LogP contribution in [-0.4, -0.2) is 28.6 Å². The second-order valence-electron chi connectivity index (χ2n) is 5.30. The van der Waals surface area contributed by atoms with Crippen molar-refractivity contribution in [3.63, 3.8) is 0 Å². The average Bonchev–Trinajstić information content (AvgIpc) is 3.18. The first-order valence-electron chi connectivity index (χ1n) is 7.01. The van der Waals surface area contributed by atoms with Gasteiger partial charge in [-0.1, -0.05) is 13.3 Å².